The zero-order chi connectivity index (χ0) is 19.4. The van der Waals surface area contributed by atoms with Gasteiger partial charge >= 0.3 is 0 Å². The Balaban J connectivity index is 1.74. The normalized spacial score (nSPS) is 11.3. The van der Waals surface area contributed by atoms with Gasteiger partial charge in [-0.2, -0.15) is 0 Å². The first kappa shape index (κ1) is 19.4. The molecule has 5 nitrogen and oxygen atoms in total. The van der Waals surface area contributed by atoms with Crippen molar-refractivity contribution in [3.63, 3.8) is 0 Å². The number of carbonyl (C=O) groups excluding carboxylic acids is 1. The molecule has 7 heteroatoms. The summed E-state index contributed by atoms with van der Waals surface area (Å²) in [6.07, 6.45) is 1.09. The van der Waals surface area contributed by atoms with E-state index in [0.717, 1.165) is 31.4 Å². The zero-order valence-corrected chi connectivity index (χ0v) is 17.1. The lowest BCUT2D eigenvalue weighted by Crippen LogP contribution is -2.40. The smallest absolute Gasteiger partial charge is 0.241 e. The molecule has 140 valence electrons. The fourth-order valence-electron chi connectivity index (χ4n) is 2.83. The lowest BCUT2D eigenvalue weighted by atomic mass is 10.0. The van der Waals surface area contributed by atoms with Gasteiger partial charge in [-0.3, -0.25) is 9.10 Å². The van der Waals surface area contributed by atoms with Crippen LogP contribution in [0.25, 0.3) is 10.8 Å². The van der Waals surface area contributed by atoms with Crippen LogP contribution in [0.2, 0.25) is 0 Å². The molecule has 1 amide bonds. The van der Waals surface area contributed by atoms with E-state index in [1.165, 1.54) is 0 Å². The van der Waals surface area contributed by atoms with Crippen molar-refractivity contribution < 1.29 is 13.2 Å². The maximum atomic E-state index is 12.4. The van der Waals surface area contributed by atoms with Crippen LogP contribution in [0.4, 0.5) is 5.69 Å². The van der Waals surface area contributed by atoms with Gasteiger partial charge in [0, 0.05) is 11.0 Å². The number of fused-ring (bicyclic) bond motifs is 1. The number of hydrogen-bond acceptors (Lipinski definition) is 3. The van der Waals surface area contributed by atoms with Crippen LogP contribution in [0.5, 0.6) is 0 Å². The summed E-state index contributed by atoms with van der Waals surface area (Å²) in [5.74, 6) is -0.365. The molecule has 0 aromatic heterocycles. The topological polar surface area (TPSA) is 66.5 Å². The summed E-state index contributed by atoms with van der Waals surface area (Å²) >= 11 is 3.32. The second kappa shape index (κ2) is 8.10. The molecule has 0 aliphatic heterocycles. The van der Waals surface area contributed by atoms with Gasteiger partial charge in [0.25, 0.3) is 0 Å². The highest BCUT2D eigenvalue weighted by atomic mass is 79.9. The summed E-state index contributed by atoms with van der Waals surface area (Å²) in [5, 5.41) is 4.98. The molecule has 0 bridgehead atoms. The monoisotopic (exact) mass is 446 g/mol. The molecule has 3 aromatic rings. The minimum absolute atomic E-state index is 0.273. The Hall–Kier alpha value is -2.38. The van der Waals surface area contributed by atoms with Gasteiger partial charge < -0.3 is 5.32 Å². The van der Waals surface area contributed by atoms with E-state index in [0.29, 0.717) is 12.2 Å². The highest BCUT2D eigenvalue weighted by Gasteiger charge is 2.20. The molecule has 0 saturated heterocycles. The zero-order valence-electron chi connectivity index (χ0n) is 14.7. The van der Waals surface area contributed by atoms with Gasteiger partial charge in [-0.25, -0.2) is 8.42 Å². The van der Waals surface area contributed by atoms with Crippen molar-refractivity contribution in [2.45, 2.75) is 6.54 Å². The summed E-state index contributed by atoms with van der Waals surface area (Å²) in [6, 6.07) is 20.6. The number of anilines is 1. The third-order valence-electron chi connectivity index (χ3n) is 4.16. The molecule has 3 rings (SSSR count). The first-order chi connectivity index (χ1) is 12.8. The van der Waals surface area contributed by atoms with Crippen molar-refractivity contribution in [1.29, 1.82) is 0 Å². The minimum Gasteiger partial charge on any atom is -0.350 e. The van der Waals surface area contributed by atoms with Gasteiger partial charge in [0.2, 0.25) is 15.9 Å². The van der Waals surface area contributed by atoms with Crippen LogP contribution in [-0.2, 0) is 21.4 Å². The Bertz CT molecular complexity index is 1060. The minimum atomic E-state index is -3.59. The summed E-state index contributed by atoms with van der Waals surface area (Å²) in [4.78, 5) is 12.4. The maximum Gasteiger partial charge on any atom is 0.241 e. The number of nitrogens with one attached hydrogen (secondary N) is 1. The Morgan fingerprint density at radius 3 is 2.37 bits per heavy atom. The van der Waals surface area contributed by atoms with E-state index in [9.17, 15) is 13.2 Å². The number of halogens is 1. The van der Waals surface area contributed by atoms with E-state index in [4.69, 9.17) is 0 Å². The molecular weight excluding hydrogens is 428 g/mol. The van der Waals surface area contributed by atoms with Gasteiger partial charge in [0.05, 0.1) is 11.9 Å². The van der Waals surface area contributed by atoms with Crippen LogP contribution in [0.1, 0.15) is 5.56 Å². The van der Waals surface area contributed by atoms with Crippen molar-refractivity contribution >= 4 is 48.3 Å². The average Bonchev–Trinajstić information content (AvgIpc) is 2.64. The highest BCUT2D eigenvalue weighted by molar-refractivity contribution is 9.10. The molecule has 0 spiro atoms. The summed E-state index contributed by atoms with van der Waals surface area (Å²) in [6.45, 7) is 0.0589. The maximum absolute atomic E-state index is 12.4. The SMILES string of the molecule is CS(=O)(=O)N(CC(=O)NCc1cccc2ccccc12)c1ccc(Br)cc1. The molecule has 27 heavy (non-hydrogen) atoms. The van der Waals surface area contributed by atoms with Gasteiger partial charge in [-0.15, -0.1) is 0 Å². The number of rotatable bonds is 6. The van der Waals surface area contributed by atoms with Crippen LogP contribution in [0.3, 0.4) is 0 Å². The van der Waals surface area contributed by atoms with Gasteiger partial charge in [0.15, 0.2) is 0 Å². The van der Waals surface area contributed by atoms with Crippen LogP contribution in [0, 0.1) is 0 Å². The molecule has 0 radical (unpaired) electrons. The summed E-state index contributed by atoms with van der Waals surface area (Å²) < 4.78 is 26.2. The number of hydrogen-bond donors (Lipinski definition) is 1. The standard InChI is InChI=1S/C20H19BrN2O3S/c1-27(25,26)23(18-11-9-17(21)10-12-18)14-20(24)22-13-16-7-4-6-15-5-2-3-8-19(15)16/h2-12H,13-14H2,1H3,(H,22,24). The predicted octanol–water partition coefficient (Wildman–Crippen LogP) is 3.68. The third kappa shape index (κ3) is 4.87. The fraction of sp³-hybridized carbons (Fsp3) is 0.150. The number of amides is 1. The molecule has 0 aliphatic carbocycles. The predicted molar refractivity (Wildman–Crippen MR) is 112 cm³/mol. The van der Waals surface area contributed by atoms with Crippen LogP contribution >= 0.6 is 15.9 Å². The molecule has 0 aliphatic rings. The Labute approximate surface area is 167 Å². The van der Waals surface area contributed by atoms with Crippen LogP contribution < -0.4 is 9.62 Å². The van der Waals surface area contributed by atoms with Crippen LogP contribution in [0.15, 0.2) is 71.2 Å². The van der Waals surface area contributed by atoms with Crippen molar-refractivity contribution in [1.82, 2.24) is 5.32 Å². The summed E-state index contributed by atoms with van der Waals surface area (Å²) in [5.41, 5.74) is 1.43. The van der Waals surface area contributed by atoms with Crippen molar-refractivity contribution in [2.75, 3.05) is 17.1 Å². The van der Waals surface area contributed by atoms with Crippen molar-refractivity contribution in [3.05, 3.63) is 76.8 Å². The molecular formula is C20H19BrN2O3S. The van der Waals surface area contributed by atoms with Crippen LogP contribution in [-0.4, -0.2) is 27.1 Å². The largest absolute Gasteiger partial charge is 0.350 e. The van der Waals surface area contributed by atoms with E-state index in [1.54, 1.807) is 24.3 Å². The lowest BCUT2D eigenvalue weighted by Gasteiger charge is -2.22. The average molecular weight is 447 g/mol. The van der Waals surface area contributed by atoms with E-state index in [-0.39, 0.29) is 12.5 Å². The van der Waals surface area contributed by atoms with E-state index in [2.05, 4.69) is 21.2 Å². The third-order valence-corrected chi connectivity index (χ3v) is 5.83. The molecule has 3 aromatic carbocycles. The fourth-order valence-corrected chi connectivity index (χ4v) is 3.95. The van der Waals surface area contributed by atoms with Gasteiger partial charge in [-0.05, 0) is 40.6 Å². The number of nitrogens with zero attached hydrogens (tertiary/aromatic N) is 1. The lowest BCUT2D eigenvalue weighted by molar-refractivity contribution is -0.119. The van der Waals surface area contributed by atoms with E-state index in [1.807, 2.05) is 42.5 Å². The van der Waals surface area contributed by atoms with E-state index >= 15 is 0 Å². The van der Waals surface area contributed by atoms with Gasteiger partial charge in [0.1, 0.15) is 6.54 Å². The molecule has 0 unspecified atom stereocenters. The van der Waals surface area contributed by atoms with Crippen molar-refractivity contribution in [2.24, 2.45) is 0 Å². The summed E-state index contributed by atoms with van der Waals surface area (Å²) in [7, 11) is -3.59. The molecule has 0 atom stereocenters. The molecule has 0 fully saturated rings. The molecule has 1 N–H and O–H groups in total. The molecule has 0 saturated carbocycles. The number of sulfonamides is 1. The Kier molecular flexibility index (Phi) is 5.82. The second-order valence-corrected chi connectivity index (χ2v) is 8.98. The first-order valence-electron chi connectivity index (χ1n) is 8.31. The first-order valence-corrected chi connectivity index (χ1v) is 11.0. The number of benzene rings is 3. The second-order valence-electron chi connectivity index (χ2n) is 6.16. The Morgan fingerprint density at radius 1 is 1.00 bits per heavy atom. The number of carbonyl (C=O) groups is 1. The highest BCUT2D eigenvalue weighted by Crippen LogP contribution is 2.21. The Morgan fingerprint density at radius 2 is 1.67 bits per heavy atom. The van der Waals surface area contributed by atoms with Gasteiger partial charge in [-0.1, -0.05) is 58.4 Å². The van der Waals surface area contributed by atoms with Crippen molar-refractivity contribution in [3.8, 4) is 0 Å². The quantitative estimate of drug-likeness (QED) is 0.627. The molecule has 0 heterocycles. The van der Waals surface area contributed by atoms with E-state index < -0.39 is 10.0 Å².